The predicted molar refractivity (Wildman–Crippen MR) is 72.6 cm³/mol. The molecule has 0 bridgehead atoms. The zero-order chi connectivity index (χ0) is 12.5. The van der Waals surface area contributed by atoms with E-state index < -0.39 is 0 Å². The second-order valence-corrected chi connectivity index (χ2v) is 4.04. The summed E-state index contributed by atoms with van der Waals surface area (Å²) in [5.74, 6) is 0.906. The van der Waals surface area contributed by atoms with Crippen molar-refractivity contribution >= 4 is 11.5 Å². The van der Waals surface area contributed by atoms with Crippen LogP contribution in [-0.4, -0.2) is 36.3 Å². The van der Waals surface area contributed by atoms with Crippen molar-refractivity contribution in [2.45, 2.75) is 26.7 Å². The van der Waals surface area contributed by atoms with Crippen molar-refractivity contribution in [3.63, 3.8) is 0 Å². The summed E-state index contributed by atoms with van der Waals surface area (Å²) in [5.41, 5.74) is 1.12. The second-order valence-electron chi connectivity index (χ2n) is 4.04. The van der Waals surface area contributed by atoms with Crippen molar-refractivity contribution < 1.29 is 5.11 Å². The fourth-order valence-electron chi connectivity index (χ4n) is 1.73. The largest absolute Gasteiger partial charge is 0.395 e. The number of anilines is 2. The van der Waals surface area contributed by atoms with E-state index in [1.54, 1.807) is 0 Å². The molecule has 1 aromatic heterocycles. The number of nitrogens with one attached hydrogen (secondary N) is 1. The van der Waals surface area contributed by atoms with Gasteiger partial charge in [0.1, 0.15) is 5.82 Å². The summed E-state index contributed by atoms with van der Waals surface area (Å²) >= 11 is 0. The van der Waals surface area contributed by atoms with E-state index in [-0.39, 0.29) is 6.61 Å². The van der Waals surface area contributed by atoms with Gasteiger partial charge in [0.05, 0.1) is 6.61 Å². The van der Waals surface area contributed by atoms with Gasteiger partial charge in [-0.15, -0.1) is 0 Å². The highest BCUT2D eigenvalue weighted by atomic mass is 16.3. The number of hydrogen-bond acceptors (Lipinski definition) is 4. The molecular weight excluding hydrogens is 214 g/mol. The zero-order valence-electron chi connectivity index (χ0n) is 10.8. The van der Waals surface area contributed by atoms with E-state index in [0.717, 1.165) is 37.4 Å². The first-order valence-electron chi connectivity index (χ1n) is 6.37. The van der Waals surface area contributed by atoms with Crippen LogP contribution in [-0.2, 0) is 0 Å². The summed E-state index contributed by atoms with van der Waals surface area (Å²) in [6, 6.07) is 4.03. The lowest BCUT2D eigenvalue weighted by molar-refractivity contribution is 0.302. The molecule has 1 aromatic rings. The molecule has 0 saturated heterocycles. The Balaban J connectivity index is 2.72. The van der Waals surface area contributed by atoms with Crippen LogP contribution < -0.4 is 10.2 Å². The van der Waals surface area contributed by atoms with E-state index in [9.17, 15) is 0 Å². The molecule has 17 heavy (non-hydrogen) atoms. The van der Waals surface area contributed by atoms with Gasteiger partial charge in [0, 0.05) is 37.6 Å². The van der Waals surface area contributed by atoms with Crippen molar-refractivity contribution in [2.75, 3.05) is 36.5 Å². The molecule has 0 aromatic carbocycles. The van der Waals surface area contributed by atoms with Gasteiger partial charge in [-0.05, 0) is 18.9 Å². The smallest absolute Gasteiger partial charge is 0.127 e. The van der Waals surface area contributed by atoms with Crippen LogP contribution in [0, 0.1) is 0 Å². The fraction of sp³-hybridized carbons (Fsp3) is 0.615. The Kier molecular flexibility index (Phi) is 6.40. The van der Waals surface area contributed by atoms with Gasteiger partial charge in [0.2, 0.25) is 0 Å². The van der Waals surface area contributed by atoms with E-state index in [1.165, 1.54) is 0 Å². The Morgan fingerprint density at radius 3 is 2.76 bits per heavy atom. The van der Waals surface area contributed by atoms with E-state index >= 15 is 0 Å². The Labute approximate surface area is 104 Å². The van der Waals surface area contributed by atoms with Crippen LogP contribution >= 0.6 is 0 Å². The van der Waals surface area contributed by atoms with Gasteiger partial charge in [-0.2, -0.15) is 0 Å². The fourth-order valence-corrected chi connectivity index (χ4v) is 1.73. The lowest BCUT2D eigenvalue weighted by Crippen LogP contribution is -2.27. The minimum Gasteiger partial charge on any atom is -0.395 e. The highest BCUT2D eigenvalue weighted by Gasteiger charge is 2.05. The molecule has 0 atom stereocenters. The summed E-state index contributed by atoms with van der Waals surface area (Å²) in [7, 11) is 0. The Bertz CT molecular complexity index is 311. The lowest BCUT2D eigenvalue weighted by atomic mass is 10.3. The standard InChI is InChI=1S/C13H23N3O/c1-3-6-14-13-11-12(5-7-15-13)16(8-4-2)9-10-17/h5,7,11,17H,3-4,6,8-10H2,1-2H3,(H,14,15). The molecule has 4 heteroatoms. The Morgan fingerprint density at radius 1 is 1.29 bits per heavy atom. The van der Waals surface area contributed by atoms with Crippen LogP contribution in [0.3, 0.4) is 0 Å². The SMILES string of the molecule is CCCNc1cc(N(CCC)CCO)ccn1. The number of aromatic nitrogens is 1. The topological polar surface area (TPSA) is 48.4 Å². The van der Waals surface area contributed by atoms with Crippen molar-refractivity contribution in [1.82, 2.24) is 4.98 Å². The summed E-state index contributed by atoms with van der Waals surface area (Å²) < 4.78 is 0. The van der Waals surface area contributed by atoms with Gasteiger partial charge in [-0.3, -0.25) is 0 Å². The minimum atomic E-state index is 0.181. The maximum atomic E-state index is 9.06. The normalized spacial score (nSPS) is 10.3. The Hall–Kier alpha value is -1.29. The third-order valence-electron chi connectivity index (χ3n) is 2.53. The molecule has 2 N–H and O–H groups in total. The predicted octanol–water partition coefficient (Wildman–Crippen LogP) is 2.11. The van der Waals surface area contributed by atoms with Crippen LogP contribution in [0.1, 0.15) is 26.7 Å². The van der Waals surface area contributed by atoms with Crippen molar-refractivity contribution in [3.8, 4) is 0 Å². The van der Waals surface area contributed by atoms with Gasteiger partial charge >= 0.3 is 0 Å². The van der Waals surface area contributed by atoms with Crippen molar-refractivity contribution in [3.05, 3.63) is 18.3 Å². The number of aliphatic hydroxyl groups excluding tert-OH is 1. The van der Waals surface area contributed by atoms with Gasteiger partial charge in [-0.25, -0.2) is 4.98 Å². The number of aliphatic hydroxyl groups is 1. The molecule has 0 amide bonds. The van der Waals surface area contributed by atoms with Gasteiger partial charge < -0.3 is 15.3 Å². The highest BCUT2D eigenvalue weighted by Crippen LogP contribution is 2.17. The maximum absolute atomic E-state index is 9.06. The van der Waals surface area contributed by atoms with Gasteiger partial charge in [0.15, 0.2) is 0 Å². The van der Waals surface area contributed by atoms with Crippen molar-refractivity contribution in [1.29, 1.82) is 0 Å². The van der Waals surface area contributed by atoms with Crippen molar-refractivity contribution in [2.24, 2.45) is 0 Å². The quantitative estimate of drug-likeness (QED) is 0.727. The number of nitrogens with zero attached hydrogens (tertiary/aromatic N) is 2. The molecular formula is C13H23N3O. The van der Waals surface area contributed by atoms with Crippen LogP contribution in [0.2, 0.25) is 0 Å². The average molecular weight is 237 g/mol. The first-order valence-corrected chi connectivity index (χ1v) is 6.37. The third kappa shape index (κ3) is 4.61. The molecule has 0 aliphatic rings. The van der Waals surface area contributed by atoms with Crippen LogP contribution in [0.25, 0.3) is 0 Å². The Morgan fingerprint density at radius 2 is 2.12 bits per heavy atom. The lowest BCUT2D eigenvalue weighted by Gasteiger charge is -2.23. The number of rotatable bonds is 8. The molecule has 4 nitrogen and oxygen atoms in total. The molecule has 1 rings (SSSR count). The molecule has 0 unspecified atom stereocenters. The van der Waals surface area contributed by atoms with Crippen LogP contribution in [0.15, 0.2) is 18.3 Å². The molecule has 0 radical (unpaired) electrons. The monoisotopic (exact) mass is 237 g/mol. The van der Waals surface area contributed by atoms with Gasteiger partial charge in [0.25, 0.3) is 0 Å². The van der Waals surface area contributed by atoms with E-state index in [4.69, 9.17) is 5.11 Å². The average Bonchev–Trinajstić information content (AvgIpc) is 2.36. The summed E-state index contributed by atoms with van der Waals surface area (Å²) in [6.07, 6.45) is 3.97. The minimum absolute atomic E-state index is 0.181. The first-order chi connectivity index (χ1) is 8.31. The summed E-state index contributed by atoms with van der Waals surface area (Å²) in [5, 5.41) is 12.3. The zero-order valence-corrected chi connectivity index (χ0v) is 10.8. The molecule has 0 fully saturated rings. The summed E-state index contributed by atoms with van der Waals surface area (Å²) in [6.45, 7) is 7.01. The van der Waals surface area contributed by atoms with Gasteiger partial charge in [-0.1, -0.05) is 13.8 Å². The third-order valence-corrected chi connectivity index (χ3v) is 2.53. The second kappa shape index (κ2) is 7.90. The maximum Gasteiger partial charge on any atom is 0.127 e. The van der Waals surface area contributed by atoms with Crippen LogP contribution in [0.4, 0.5) is 11.5 Å². The molecule has 0 spiro atoms. The number of pyridine rings is 1. The van der Waals surface area contributed by atoms with Crippen LogP contribution in [0.5, 0.6) is 0 Å². The molecule has 0 saturated carbocycles. The highest BCUT2D eigenvalue weighted by molar-refractivity contribution is 5.53. The van der Waals surface area contributed by atoms with E-state index in [1.807, 2.05) is 18.3 Å². The number of hydrogen-bond donors (Lipinski definition) is 2. The molecule has 0 aliphatic heterocycles. The van der Waals surface area contributed by atoms with E-state index in [0.29, 0.717) is 6.54 Å². The molecule has 1 heterocycles. The summed E-state index contributed by atoms with van der Waals surface area (Å²) in [4.78, 5) is 6.46. The first kappa shape index (κ1) is 13.8. The van der Waals surface area contributed by atoms with E-state index in [2.05, 4.69) is 29.0 Å². The molecule has 96 valence electrons. The molecule has 0 aliphatic carbocycles.